The maximum absolute atomic E-state index is 12.3. The first kappa shape index (κ1) is 17.5. The molecule has 1 heterocycles. The van der Waals surface area contributed by atoms with E-state index in [0.717, 1.165) is 22.5 Å². The molecular formula is C19H16Cl2N2O2. The van der Waals surface area contributed by atoms with Gasteiger partial charge in [0.2, 0.25) is 0 Å². The van der Waals surface area contributed by atoms with E-state index < -0.39 is 5.97 Å². The first-order valence-corrected chi connectivity index (χ1v) is 8.55. The molecule has 2 aromatic carbocycles. The number of ether oxygens (including phenoxy) is 1. The Bertz CT molecular complexity index is 900. The molecule has 1 aromatic heterocycles. The molecule has 0 aliphatic rings. The Labute approximate surface area is 155 Å². The first-order chi connectivity index (χ1) is 12.0. The summed E-state index contributed by atoms with van der Waals surface area (Å²) in [7, 11) is 0. The molecule has 0 fully saturated rings. The van der Waals surface area contributed by atoms with Crippen molar-refractivity contribution in [2.24, 2.45) is 0 Å². The summed E-state index contributed by atoms with van der Waals surface area (Å²) in [5.74, 6) is -0.442. The number of nitrogens with zero attached hydrogens (tertiary/aromatic N) is 2. The van der Waals surface area contributed by atoms with Gasteiger partial charge in [0.1, 0.15) is 0 Å². The summed E-state index contributed by atoms with van der Waals surface area (Å²) in [5, 5.41) is 5.77. The fraction of sp³-hybridized carbons (Fsp3) is 0.158. The van der Waals surface area contributed by atoms with Crippen molar-refractivity contribution < 1.29 is 9.53 Å². The van der Waals surface area contributed by atoms with E-state index >= 15 is 0 Å². The standard InChI is InChI=1S/C19H16Cl2N2O2/c1-3-25-19(24)17-12(2)18(13-4-6-14(20)7-5-13)23(22-17)16-10-8-15(21)9-11-16/h4-11H,3H2,1-2H3. The molecule has 0 unspecified atom stereocenters. The smallest absolute Gasteiger partial charge is 0.359 e. The highest BCUT2D eigenvalue weighted by molar-refractivity contribution is 6.30. The summed E-state index contributed by atoms with van der Waals surface area (Å²) < 4.78 is 6.85. The van der Waals surface area contributed by atoms with Crippen LogP contribution in [0.25, 0.3) is 16.9 Å². The second-order valence-corrected chi connectivity index (χ2v) is 6.31. The van der Waals surface area contributed by atoms with Gasteiger partial charge in [-0.15, -0.1) is 0 Å². The lowest BCUT2D eigenvalue weighted by Gasteiger charge is -2.09. The van der Waals surface area contributed by atoms with Gasteiger partial charge in [0.15, 0.2) is 5.69 Å². The second kappa shape index (κ2) is 7.30. The van der Waals surface area contributed by atoms with Gasteiger partial charge in [-0.05, 0) is 50.2 Å². The summed E-state index contributed by atoms with van der Waals surface area (Å²) in [6.07, 6.45) is 0. The van der Waals surface area contributed by atoms with Crippen LogP contribution in [0.3, 0.4) is 0 Å². The Balaban J connectivity index is 2.21. The van der Waals surface area contributed by atoms with E-state index in [1.54, 1.807) is 35.9 Å². The molecule has 0 atom stereocenters. The van der Waals surface area contributed by atoms with E-state index in [4.69, 9.17) is 27.9 Å². The van der Waals surface area contributed by atoms with Gasteiger partial charge in [0.05, 0.1) is 18.0 Å². The van der Waals surface area contributed by atoms with Crippen LogP contribution in [0.5, 0.6) is 0 Å². The van der Waals surface area contributed by atoms with Gasteiger partial charge in [0, 0.05) is 21.2 Å². The Hall–Kier alpha value is -2.30. The number of carbonyl (C=O) groups excluding carboxylic acids is 1. The average molecular weight is 375 g/mol. The average Bonchev–Trinajstić information content (AvgIpc) is 2.94. The molecule has 3 rings (SSSR count). The van der Waals surface area contributed by atoms with Gasteiger partial charge in [-0.2, -0.15) is 5.10 Å². The topological polar surface area (TPSA) is 44.1 Å². The number of esters is 1. The molecule has 25 heavy (non-hydrogen) atoms. The minimum absolute atomic E-state index is 0.293. The quantitative estimate of drug-likeness (QED) is 0.579. The third-order valence-electron chi connectivity index (χ3n) is 3.78. The van der Waals surface area contributed by atoms with Crippen LogP contribution in [-0.2, 0) is 4.74 Å². The predicted molar refractivity (Wildman–Crippen MR) is 99.7 cm³/mol. The number of carbonyl (C=O) groups is 1. The summed E-state index contributed by atoms with van der Waals surface area (Å²) in [6, 6.07) is 14.7. The maximum atomic E-state index is 12.3. The third kappa shape index (κ3) is 3.55. The van der Waals surface area contributed by atoms with Gasteiger partial charge in [-0.3, -0.25) is 0 Å². The molecule has 0 spiro atoms. The van der Waals surface area contributed by atoms with E-state index in [9.17, 15) is 4.79 Å². The fourth-order valence-electron chi connectivity index (χ4n) is 2.61. The highest BCUT2D eigenvalue weighted by Crippen LogP contribution is 2.30. The minimum atomic E-state index is -0.442. The number of hydrogen-bond acceptors (Lipinski definition) is 3. The fourth-order valence-corrected chi connectivity index (χ4v) is 2.86. The van der Waals surface area contributed by atoms with Crippen molar-refractivity contribution in [2.75, 3.05) is 6.61 Å². The van der Waals surface area contributed by atoms with E-state index in [0.29, 0.717) is 22.3 Å². The number of hydrogen-bond donors (Lipinski definition) is 0. The molecule has 0 N–H and O–H groups in total. The molecule has 0 saturated heterocycles. The largest absolute Gasteiger partial charge is 0.461 e. The number of rotatable bonds is 4. The Morgan fingerprint density at radius 1 is 1.04 bits per heavy atom. The second-order valence-electron chi connectivity index (χ2n) is 5.44. The van der Waals surface area contributed by atoms with E-state index in [-0.39, 0.29) is 0 Å². The van der Waals surface area contributed by atoms with Crippen molar-refractivity contribution in [3.05, 3.63) is 69.8 Å². The first-order valence-electron chi connectivity index (χ1n) is 7.80. The lowest BCUT2D eigenvalue weighted by Crippen LogP contribution is -2.07. The van der Waals surface area contributed by atoms with E-state index in [1.165, 1.54) is 0 Å². The zero-order chi connectivity index (χ0) is 18.0. The highest BCUT2D eigenvalue weighted by Gasteiger charge is 2.22. The van der Waals surface area contributed by atoms with Gasteiger partial charge < -0.3 is 4.74 Å². The Morgan fingerprint density at radius 3 is 2.16 bits per heavy atom. The number of benzene rings is 2. The monoisotopic (exact) mass is 374 g/mol. The van der Waals surface area contributed by atoms with E-state index in [2.05, 4.69) is 5.10 Å². The lowest BCUT2D eigenvalue weighted by molar-refractivity contribution is 0.0518. The van der Waals surface area contributed by atoms with Crippen LogP contribution in [0.15, 0.2) is 48.5 Å². The van der Waals surface area contributed by atoms with Crippen molar-refractivity contribution in [1.82, 2.24) is 9.78 Å². The van der Waals surface area contributed by atoms with Crippen LogP contribution < -0.4 is 0 Å². The van der Waals surface area contributed by atoms with E-state index in [1.807, 2.05) is 31.2 Å². The van der Waals surface area contributed by atoms with Gasteiger partial charge >= 0.3 is 5.97 Å². The summed E-state index contributed by atoms with van der Waals surface area (Å²) in [5.41, 5.74) is 3.55. The number of aromatic nitrogens is 2. The van der Waals surface area contributed by atoms with Crippen molar-refractivity contribution in [3.8, 4) is 16.9 Å². The molecule has 0 aliphatic carbocycles. The molecular weight excluding hydrogens is 359 g/mol. The van der Waals surface area contributed by atoms with Crippen LogP contribution in [-0.4, -0.2) is 22.4 Å². The summed E-state index contributed by atoms with van der Waals surface area (Å²) in [6.45, 7) is 3.92. The molecule has 0 amide bonds. The van der Waals surface area contributed by atoms with Crippen LogP contribution in [0, 0.1) is 6.92 Å². The molecule has 128 valence electrons. The summed E-state index contributed by atoms with van der Waals surface area (Å²) >= 11 is 12.0. The molecule has 6 heteroatoms. The Kier molecular flexibility index (Phi) is 5.11. The molecule has 4 nitrogen and oxygen atoms in total. The molecule has 3 aromatic rings. The normalized spacial score (nSPS) is 10.7. The van der Waals surface area contributed by atoms with Crippen LogP contribution >= 0.6 is 23.2 Å². The van der Waals surface area contributed by atoms with Crippen molar-refractivity contribution in [3.63, 3.8) is 0 Å². The number of halogens is 2. The van der Waals surface area contributed by atoms with Crippen molar-refractivity contribution in [1.29, 1.82) is 0 Å². The summed E-state index contributed by atoms with van der Waals surface area (Å²) in [4.78, 5) is 12.3. The molecule has 0 saturated carbocycles. The van der Waals surface area contributed by atoms with Crippen LogP contribution in [0.4, 0.5) is 0 Å². The Morgan fingerprint density at radius 2 is 1.60 bits per heavy atom. The van der Waals surface area contributed by atoms with Crippen LogP contribution in [0.2, 0.25) is 10.0 Å². The molecule has 0 aliphatic heterocycles. The van der Waals surface area contributed by atoms with Gasteiger partial charge in [-0.25, -0.2) is 9.48 Å². The van der Waals surface area contributed by atoms with Crippen LogP contribution in [0.1, 0.15) is 23.0 Å². The molecule has 0 bridgehead atoms. The van der Waals surface area contributed by atoms with Crippen molar-refractivity contribution >= 4 is 29.2 Å². The third-order valence-corrected chi connectivity index (χ3v) is 4.28. The van der Waals surface area contributed by atoms with Gasteiger partial charge in [0.25, 0.3) is 0 Å². The minimum Gasteiger partial charge on any atom is -0.461 e. The zero-order valence-electron chi connectivity index (χ0n) is 13.8. The van der Waals surface area contributed by atoms with Gasteiger partial charge in [-0.1, -0.05) is 35.3 Å². The zero-order valence-corrected chi connectivity index (χ0v) is 15.3. The molecule has 0 radical (unpaired) electrons. The highest BCUT2D eigenvalue weighted by atomic mass is 35.5. The van der Waals surface area contributed by atoms with Crippen molar-refractivity contribution in [2.45, 2.75) is 13.8 Å². The SMILES string of the molecule is CCOC(=O)c1nn(-c2ccc(Cl)cc2)c(-c2ccc(Cl)cc2)c1C. The predicted octanol–water partition coefficient (Wildman–Crippen LogP) is 5.33. The maximum Gasteiger partial charge on any atom is 0.359 e. The lowest BCUT2D eigenvalue weighted by atomic mass is 10.1.